The number of alkyl halides is 6. The van der Waals surface area contributed by atoms with Gasteiger partial charge in [-0.05, 0) is 6.07 Å². The van der Waals surface area contributed by atoms with Gasteiger partial charge >= 0.3 is 12.4 Å². The Morgan fingerprint density at radius 3 is 2.60 bits per heavy atom. The minimum absolute atomic E-state index is 0.0238. The third-order valence-corrected chi connectivity index (χ3v) is 3.41. The summed E-state index contributed by atoms with van der Waals surface area (Å²) in [5.74, 6) is -1.06. The average molecular weight is 373 g/mol. The quantitative estimate of drug-likeness (QED) is 0.790. The van der Waals surface area contributed by atoms with E-state index in [1.54, 1.807) is 0 Å². The van der Waals surface area contributed by atoms with Crippen molar-refractivity contribution in [2.45, 2.75) is 18.4 Å². The van der Waals surface area contributed by atoms with Crippen molar-refractivity contribution in [1.29, 1.82) is 0 Å². The molecule has 2 heterocycles. The minimum Gasteiger partial charge on any atom is -0.378 e. The van der Waals surface area contributed by atoms with Gasteiger partial charge in [0.25, 0.3) is 5.56 Å². The number of ether oxygens (including phenoxy) is 1. The van der Waals surface area contributed by atoms with E-state index in [4.69, 9.17) is 4.74 Å². The number of hydrogen-bond acceptors (Lipinski definition) is 4. The van der Waals surface area contributed by atoms with Crippen molar-refractivity contribution >= 4 is 11.6 Å². The lowest BCUT2D eigenvalue weighted by Gasteiger charge is -2.34. The van der Waals surface area contributed by atoms with E-state index in [1.807, 2.05) is 10.3 Å². The van der Waals surface area contributed by atoms with Crippen LogP contribution in [0.25, 0.3) is 0 Å². The molecule has 1 aromatic heterocycles. The third kappa shape index (κ3) is 5.19. The molecular weight excluding hydrogens is 360 g/mol. The van der Waals surface area contributed by atoms with Crippen molar-refractivity contribution in [3.63, 3.8) is 0 Å². The Hall–Kier alpha value is -2.08. The molecular formula is C13H13F6N3O3. The number of nitrogens with zero attached hydrogens (tertiary/aromatic N) is 1. The van der Waals surface area contributed by atoms with Crippen molar-refractivity contribution in [1.82, 2.24) is 9.88 Å². The van der Waals surface area contributed by atoms with Crippen LogP contribution in [0.5, 0.6) is 0 Å². The molecule has 1 amide bonds. The van der Waals surface area contributed by atoms with E-state index in [9.17, 15) is 35.9 Å². The van der Waals surface area contributed by atoms with Crippen molar-refractivity contribution in [2.24, 2.45) is 0 Å². The number of morpholine rings is 1. The van der Waals surface area contributed by atoms with Crippen LogP contribution in [-0.4, -0.2) is 54.3 Å². The molecule has 1 saturated heterocycles. The topological polar surface area (TPSA) is 74.4 Å². The highest BCUT2D eigenvalue weighted by Gasteiger charge is 2.38. The Labute approximate surface area is 136 Å². The van der Waals surface area contributed by atoms with E-state index in [0.29, 0.717) is 12.3 Å². The summed E-state index contributed by atoms with van der Waals surface area (Å²) in [6.45, 7) is -1.97. The monoisotopic (exact) mass is 373 g/mol. The molecule has 0 aromatic carbocycles. The number of carbonyl (C=O) groups excluding carboxylic acids is 1. The third-order valence-electron chi connectivity index (χ3n) is 3.41. The van der Waals surface area contributed by atoms with Crippen molar-refractivity contribution in [2.75, 3.05) is 31.6 Å². The van der Waals surface area contributed by atoms with E-state index in [1.165, 1.54) is 0 Å². The SMILES string of the molecule is O=C(Nc1cc(C(F)(F)F)c[nH]c1=O)[C@H]1COCCN1CC(F)(F)F. The first-order valence-electron chi connectivity index (χ1n) is 6.97. The lowest BCUT2D eigenvalue weighted by atomic mass is 10.2. The Bertz CT molecular complexity index is 685. The van der Waals surface area contributed by atoms with Gasteiger partial charge in [0.2, 0.25) is 5.91 Å². The molecule has 1 aliphatic rings. The molecule has 12 heteroatoms. The van der Waals surface area contributed by atoms with Crippen molar-refractivity contribution in [3.8, 4) is 0 Å². The molecule has 140 valence electrons. The molecule has 0 unspecified atom stereocenters. The van der Waals surface area contributed by atoms with Gasteiger partial charge < -0.3 is 15.0 Å². The molecule has 1 fully saturated rings. The molecule has 1 aromatic rings. The summed E-state index contributed by atoms with van der Waals surface area (Å²) in [6.07, 6.45) is -8.90. The van der Waals surface area contributed by atoms with Gasteiger partial charge in [-0.2, -0.15) is 26.3 Å². The molecule has 0 radical (unpaired) electrons. The highest BCUT2D eigenvalue weighted by molar-refractivity contribution is 5.94. The van der Waals surface area contributed by atoms with Gasteiger partial charge in [-0.15, -0.1) is 0 Å². The maximum absolute atomic E-state index is 12.7. The molecule has 25 heavy (non-hydrogen) atoms. The summed E-state index contributed by atoms with van der Waals surface area (Å²) in [6, 6.07) is -0.974. The number of hydrogen-bond donors (Lipinski definition) is 2. The first kappa shape index (κ1) is 19.2. The fraction of sp³-hybridized carbons (Fsp3) is 0.538. The molecule has 0 bridgehead atoms. The second-order valence-electron chi connectivity index (χ2n) is 5.29. The van der Waals surface area contributed by atoms with Crippen molar-refractivity contribution < 1.29 is 35.9 Å². The van der Waals surface area contributed by atoms with Gasteiger partial charge in [0.1, 0.15) is 11.7 Å². The number of nitrogens with one attached hydrogen (secondary N) is 2. The lowest BCUT2D eigenvalue weighted by molar-refractivity contribution is -0.165. The molecule has 2 rings (SSSR count). The highest BCUT2D eigenvalue weighted by atomic mass is 19.4. The summed E-state index contributed by atoms with van der Waals surface area (Å²) in [4.78, 5) is 26.3. The summed E-state index contributed by atoms with van der Waals surface area (Å²) in [7, 11) is 0. The molecule has 0 spiro atoms. The number of rotatable bonds is 3. The smallest absolute Gasteiger partial charge is 0.378 e. The molecule has 1 atom stereocenters. The van der Waals surface area contributed by atoms with Crippen LogP contribution in [-0.2, 0) is 15.7 Å². The van der Waals surface area contributed by atoms with E-state index < -0.39 is 47.7 Å². The van der Waals surface area contributed by atoms with Crippen LogP contribution in [0.1, 0.15) is 5.56 Å². The standard InChI is InChI=1S/C13H13F6N3O3/c14-12(15,16)6-22-1-2-25-5-9(22)11(24)21-8-3-7(13(17,18)19)4-20-10(8)23/h3-4,9H,1-2,5-6H2,(H,20,23)(H,21,24)/t9-/m1/s1. The number of pyridine rings is 1. The van der Waals surface area contributed by atoms with Gasteiger partial charge in [0.05, 0.1) is 25.3 Å². The number of aromatic amines is 1. The van der Waals surface area contributed by atoms with Crippen LogP contribution in [0.15, 0.2) is 17.1 Å². The second-order valence-corrected chi connectivity index (χ2v) is 5.29. The van der Waals surface area contributed by atoms with Crippen LogP contribution in [0.4, 0.5) is 32.0 Å². The molecule has 6 nitrogen and oxygen atoms in total. The molecule has 0 saturated carbocycles. The van der Waals surface area contributed by atoms with Gasteiger partial charge in [0, 0.05) is 12.7 Å². The predicted octanol–water partition coefficient (Wildman–Crippen LogP) is 1.60. The van der Waals surface area contributed by atoms with Crippen LogP contribution >= 0.6 is 0 Å². The minimum atomic E-state index is -4.76. The number of H-pyrrole nitrogens is 1. The van der Waals surface area contributed by atoms with Gasteiger partial charge in [0.15, 0.2) is 0 Å². The largest absolute Gasteiger partial charge is 0.417 e. The Morgan fingerprint density at radius 1 is 1.32 bits per heavy atom. The predicted molar refractivity (Wildman–Crippen MR) is 72.9 cm³/mol. The van der Waals surface area contributed by atoms with Crippen LogP contribution in [0.3, 0.4) is 0 Å². The van der Waals surface area contributed by atoms with Gasteiger partial charge in [-0.25, -0.2) is 0 Å². The van der Waals surface area contributed by atoms with Gasteiger partial charge in [-0.3, -0.25) is 14.5 Å². The summed E-state index contributed by atoms with van der Waals surface area (Å²) in [5.41, 5.74) is -2.94. The zero-order valence-electron chi connectivity index (χ0n) is 12.5. The summed E-state index contributed by atoms with van der Waals surface area (Å²) >= 11 is 0. The summed E-state index contributed by atoms with van der Waals surface area (Å²) in [5, 5.41) is 1.94. The van der Waals surface area contributed by atoms with E-state index in [-0.39, 0.29) is 19.8 Å². The van der Waals surface area contributed by atoms with E-state index >= 15 is 0 Å². The average Bonchev–Trinajstić information content (AvgIpc) is 2.47. The maximum atomic E-state index is 12.7. The number of anilines is 1. The van der Waals surface area contributed by atoms with Crippen molar-refractivity contribution in [3.05, 3.63) is 28.2 Å². The fourth-order valence-corrected chi connectivity index (χ4v) is 2.26. The first-order valence-corrected chi connectivity index (χ1v) is 6.97. The Balaban J connectivity index is 2.19. The highest BCUT2D eigenvalue weighted by Crippen LogP contribution is 2.29. The zero-order valence-corrected chi connectivity index (χ0v) is 12.5. The number of amides is 1. The first-order chi connectivity index (χ1) is 11.5. The van der Waals surface area contributed by atoms with Crippen LogP contribution < -0.4 is 10.9 Å². The molecule has 1 aliphatic heterocycles. The number of aromatic nitrogens is 1. The number of halogens is 6. The van der Waals surface area contributed by atoms with E-state index in [0.717, 1.165) is 4.90 Å². The summed E-state index contributed by atoms with van der Waals surface area (Å²) < 4.78 is 80.6. The maximum Gasteiger partial charge on any atom is 0.417 e. The normalized spacial score (nSPS) is 19.7. The van der Waals surface area contributed by atoms with Gasteiger partial charge in [-0.1, -0.05) is 0 Å². The van der Waals surface area contributed by atoms with E-state index in [2.05, 4.69) is 0 Å². The zero-order chi connectivity index (χ0) is 18.8. The Kier molecular flexibility index (Phi) is 5.42. The van der Waals surface area contributed by atoms with Crippen LogP contribution in [0, 0.1) is 0 Å². The molecule has 2 N–H and O–H groups in total. The fourth-order valence-electron chi connectivity index (χ4n) is 2.26. The Morgan fingerprint density at radius 2 is 2.00 bits per heavy atom. The van der Waals surface area contributed by atoms with Crippen LogP contribution in [0.2, 0.25) is 0 Å². The molecule has 0 aliphatic carbocycles. The lowest BCUT2D eigenvalue weighted by Crippen LogP contribution is -2.54. The second kappa shape index (κ2) is 7.04. The number of carbonyl (C=O) groups is 1.